The Bertz CT molecular complexity index is 1130. The van der Waals surface area contributed by atoms with Crippen LogP contribution in [0.1, 0.15) is 19.9 Å². The number of nitrogens with one attached hydrogen (secondary N) is 1. The second-order valence-corrected chi connectivity index (χ2v) is 7.65. The van der Waals surface area contributed by atoms with Gasteiger partial charge in [-0.1, -0.05) is 59.9 Å². The van der Waals surface area contributed by atoms with Gasteiger partial charge in [-0.2, -0.15) is 5.10 Å². The van der Waals surface area contributed by atoms with Crippen molar-refractivity contribution in [3.05, 3.63) is 83.2 Å². The van der Waals surface area contributed by atoms with E-state index >= 15 is 0 Å². The van der Waals surface area contributed by atoms with Gasteiger partial charge in [-0.05, 0) is 32.0 Å². The lowest BCUT2D eigenvalue weighted by Crippen LogP contribution is -2.23. The van der Waals surface area contributed by atoms with Gasteiger partial charge in [-0.15, -0.1) is 0 Å². The summed E-state index contributed by atoms with van der Waals surface area (Å²) in [4.78, 5) is 17.9. The lowest BCUT2D eigenvalue weighted by molar-refractivity contribution is 0.505. The van der Waals surface area contributed by atoms with Crippen LogP contribution in [0, 0.1) is 0 Å². The molecule has 0 amide bonds. The molecule has 4 aromatic rings. The van der Waals surface area contributed by atoms with E-state index in [1.165, 1.54) is 16.0 Å². The maximum Gasteiger partial charge on any atom is 0.267 e. The first kappa shape index (κ1) is 18.1. The SMILES string of the molecule is CC(C)n1nc(-c2sc(Nc3ccccc3)nc2-c2ccccc2)ccc1=O. The molecule has 4 rings (SSSR count). The van der Waals surface area contributed by atoms with Crippen molar-refractivity contribution in [3.8, 4) is 21.8 Å². The van der Waals surface area contributed by atoms with Crippen LogP contribution in [-0.2, 0) is 0 Å². The number of hydrogen-bond donors (Lipinski definition) is 1. The first-order valence-electron chi connectivity index (χ1n) is 9.10. The number of para-hydroxylation sites is 1. The molecule has 2 heterocycles. The molecular weight excluding hydrogens is 368 g/mol. The molecule has 0 saturated heterocycles. The molecule has 6 heteroatoms. The van der Waals surface area contributed by atoms with Gasteiger partial charge in [-0.3, -0.25) is 4.79 Å². The minimum atomic E-state index is -0.104. The van der Waals surface area contributed by atoms with Gasteiger partial charge in [0.25, 0.3) is 5.56 Å². The van der Waals surface area contributed by atoms with Gasteiger partial charge < -0.3 is 5.32 Å². The van der Waals surface area contributed by atoms with E-state index in [1.807, 2.05) is 74.5 Å². The molecule has 0 saturated carbocycles. The summed E-state index contributed by atoms with van der Waals surface area (Å²) in [6.45, 7) is 3.90. The summed E-state index contributed by atoms with van der Waals surface area (Å²) in [5.74, 6) is 0. The van der Waals surface area contributed by atoms with Crippen LogP contribution >= 0.6 is 11.3 Å². The van der Waals surface area contributed by atoms with Crippen molar-refractivity contribution in [2.45, 2.75) is 19.9 Å². The Morgan fingerprint density at radius 2 is 1.61 bits per heavy atom. The molecule has 5 nitrogen and oxygen atoms in total. The molecular formula is C22H20N4OS. The van der Waals surface area contributed by atoms with E-state index in [0.29, 0.717) is 0 Å². The summed E-state index contributed by atoms with van der Waals surface area (Å²) in [7, 11) is 0. The predicted octanol–water partition coefficient (Wildman–Crippen LogP) is 5.36. The van der Waals surface area contributed by atoms with Crippen LogP contribution in [-0.4, -0.2) is 14.8 Å². The highest BCUT2D eigenvalue weighted by Gasteiger charge is 2.17. The lowest BCUT2D eigenvalue weighted by Gasteiger charge is -2.09. The van der Waals surface area contributed by atoms with Crippen molar-refractivity contribution < 1.29 is 0 Å². The predicted molar refractivity (Wildman–Crippen MR) is 115 cm³/mol. The third kappa shape index (κ3) is 3.73. The number of rotatable bonds is 5. The van der Waals surface area contributed by atoms with E-state index in [1.54, 1.807) is 12.1 Å². The highest BCUT2D eigenvalue weighted by molar-refractivity contribution is 7.19. The fourth-order valence-corrected chi connectivity index (χ4v) is 3.87. The average Bonchev–Trinajstić information content (AvgIpc) is 3.13. The Morgan fingerprint density at radius 1 is 0.929 bits per heavy atom. The van der Waals surface area contributed by atoms with Gasteiger partial charge in [0.2, 0.25) is 0 Å². The van der Waals surface area contributed by atoms with E-state index in [2.05, 4.69) is 10.4 Å². The number of hydrogen-bond acceptors (Lipinski definition) is 5. The van der Waals surface area contributed by atoms with Crippen molar-refractivity contribution in [1.82, 2.24) is 14.8 Å². The quantitative estimate of drug-likeness (QED) is 0.500. The molecule has 0 spiro atoms. The summed E-state index contributed by atoms with van der Waals surface area (Å²) in [6, 6.07) is 23.3. The molecule has 0 aliphatic carbocycles. The van der Waals surface area contributed by atoms with E-state index in [4.69, 9.17) is 4.98 Å². The van der Waals surface area contributed by atoms with Gasteiger partial charge in [0.05, 0.1) is 16.6 Å². The molecule has 0 unspecified atom stereocenters. The monoisotopic (exact) mass is 388 g/mol. The van der Waals surface area contributed by atoms with E-state index in [0.717, 1.165) is 32.6 Å². The largest absolute Gasteiger partial charge is 0.332 e. The smallest absolute Gasteiger partial charge is 0.267 e. The van der Waals surface area contributed by atoms with E-state index in [-0.39, 0.29) is 11.6 Å². The van der Waals surface area contributed by atoms with Gasteiger partial charge in [0.1, 0.15) is 5.69 Å². The third-order valence-corrected chi connectivity index (χ3v) is 5.24. The Hall–Kier alpha value is -3.25. The standard InChI is InChI=1S/C22H20N4OS/c1-15(2)26-19(27)14-13-18(25-26)21-20(16-9-5-3-6-10-16)24-22(28-21)23-17-11-7-4-8-12-17/h3-15H,1-2H3,(H,23,24). The molecule has 2 aromatic carbocycles. The first-order valence-corrected chi connectivity index (χ1v) is 9.92. The topological polar surface area (TPSA) is 59.8 Å². The van der Waals surface area contributed by atoms with Crippen LogP contribution in [0.4, 0.5) is 10.8 Å². The summed E-state index contributed by atoms with van der Waals surface area (Å²) >= 11 is 1.53. The lowest BCUT2D eigenvalue weighted by atomic mass is 10.1. The van der Waals surface area contributed by atoms with Crippen molar-refractivity contribution >= 4 is 22.2 Å². The van der Waals surface area contributed by atoms with Crippen LogP contribution < -0.4 is 10.9 Å². The maximum absolute atomic E-state index is 12.1. The zero-order chi connectivity index (χ0) is 19.5. The van der Waals surface area contributed by atoms with Crippen LogP contribution in [0.2, 0.25) is 0 Å². The highest BCUT2D eigenvalue weighted by Crippen LogP contribution is 2.38. The normalized spacial score (nSPS) is 11.0. The fourth-order valence-electron chi connectivity index (χ4n) is 2.90. The molecule has 0 radical (unpaired) electrons. The molecule has 0 aliphatic rings. The third-order valence-electron chi connectivity index (χ3n) is 4.25. The average molecular weight is 388 g/mol. The number of nitrogens with zero attached hydrogens (tertiary/aromatic N) is 3. The van der Waals surface area contributed by atoms with Gasteiger partial charge >= 0.3 is 0 Å². The molecule has 28 heavy (non-hydrogen) atoms. The molecule has 0 aliphatic heterocycles. The van der Waals surface area contributed by atoms with Gasteiger partial charge in [0, 0.05) is 17.3 Å². The number of anilines is 2. The van der Waals surface area contributed by atoms with Crippen molar-refractivity contribution in [2.75, 3.05) is 5.32 Å². The minimum Gasteiger partial charge on any atom is -0.332 e. The second kappa shape index (κ2) is 7.78. The molecule has 2 aromatic heterocycles. The van der Waals surface area contributed by atoms with Crippen molar-refractivity contribution in [2.24, 2.45) is 0 Å². The summed E-state index contributed by atoms with van der Waals surface area (Å²) in [6.07, 6.45) is 0. The molecule has 0 fully saturated rings. The number of thiazole rings is 1. The zero-order valence-corrected chi connectivity index (χ0v) is 16.5. The zero-order valence-electron chi connectivity index (χ0n) is 15.7. The maximum atomic E-state index is 12.1. The second-order valence-electron chi connectivity index (χ2n) is 6.65. The van der Waals surface area contributed by atoms with E-state index < -0.39 is 0 Å². The first-order chi connectivity index (χ1) is 13.6. The summed E-state index contributed by atoms with van der Waals surface area (Å²) < 4.78 is 1.51. The fraction of sp³-hybridized carbons (Fsp3) is 0.136. The molecule has 140 valence electrons. The van der Waals surface area contributed by atoms with Crippen molar-refractivity contribution in [1.29, 1.82) is 0 Å². The molecule has 1 N–H and O–H groups in total. The number of aromatic nitrogens is 3. The van der Waals surface area contributed by atoms with Crippen LogP contribution in [0.5, 0.6) is 0 Å². The molecule has 0 bridgehead atoms. The molecule has 0 atom stereocenters. The van der Waals surface area contributed by atoms with Crippen LogP contribution in [0.3, 0.4) is 0 Å². The van der Waals surface area contributed by atoms with Gasteiger partial charge in [-0.25, -0.2) is 9.67 Å². The van der Waals surface area contributed by atoms with Crippen molar-refractivity contribution in [3.63, 3.8) is 0 Å². The Kier molecular flexibility index (Phi) is 5.04. The van der Waals surface area contributed by atoms with E-state index in [9.17, 15) is 4.79 Å². The Morgan fingerprint density at radius 3 is 2.29 bits per heavy atom. The van der Waals surface area contributed by atoms with Gasteiger partial charge in [0.15, 0.2) is 5.13 Å². The highest BCUT2D eigenvalue weighted by atomic mass is 32.1. The Labute approximate surface area is 167 Å². The minimum absolute atomic E-state index is 0.0116. The summed E-state index contributed by atoms with van der Waals surface area (Å²) in [5.41, 5.74) is 3.48. The van der Waals surface area contributed by atoms with Crippen LogP contribution in [0.15, 0.2) is 77.6 Å². The Balaban J connectivity index is 1.83. The number of benzene rings is 2. The van der Waals surface area contributed by atoms with Crippen LogP contribution in [0.25, 0.3) is 21.8 Å². The summed E-state index contributed by atoms with van der Waals surface area (Å²) in [5, 5.41) is 8.74.